The molecule has 5 rings (SSSR count). The highest BCUT2D eigenvalue weighted by molar-refractivity contribution is 8.00. The standard InChI is InChI=1S/C20H19N3O4S/c24-17-11-28-19-14(23-17)8-12(10-21-19)18(25)22-13-4-5-15-16(9-13)27-20(26-15)6-2-1-3-7-20/h4-5,8-10H,1-3,6-7,11H2,(H,22,25)(H,23,24). The van der Waals surface area contributed by atoms with E-state index in [2.05, 4.69) is 15.6 Å². The van der Waals surface area contributed by atoms with E-state index in [1.165, 1.54) is 24.4 Å². The van der Waals surface area contributed by atoms with Crippen LogP contribution in [0.4, 0.5) is 11.4 Å². The predicted octanol–water partition coefficient (Wildman–Crippen LogP) is 3.81. The van der Waals surface area contributed by atoms with Gasteiger partial charge in [-0.3, -0.25) is 9.59 Å². The number of amides is 2. The van der Waals surface area contributed by atoms with Gasteiger partial charge >= 0.3 is 0 Å². The number of nitrogens with one attached hydrogen (secondary N) is 2. The molecule has 1 fully saturated rings. The number of benzene rings is 1. The van der Waals surface area contributed by atoms with Gasteiger partial charge in [-0.1, -0.05) is 18.2 Å². The maximum atomic E-state index is 12.6. The Bertz CT molecular complexity index is 972. The SMILES string of the molecule is O=C1CSc2ncc(C(=O)Nc3ccc4c(c3)OC3(CCCCC3)O4)cc2N1. The Kier molecular flexibility index (Phi) is 4.16. The van der Waals surface area contributed by atoms with Crippen molar-refractivity contribution in [1.82, 2.24) is 4.98 Å². The first kappa shape index (κ1) is 17.4. The molecule has 0 radical (unpaired) electrons. The number of aromatic nitrogens is 1. The number of anilines is 2. The molecule has 7 nitrogen and oxygen atoms in total. The first-order valence-corrected chi connectivity index (χ1v) is 10.3. The maximum Gasteiger partial charge on any atom is 0.257 e. The summed E-state index contributed by atoms with van der Waals surface area (Å²) in [6.45, 7) is 0. The Morgan fingerprint density at radius 2 is 1.96 bits per heavy atom. The van der Waals surface area contributed by atoms with Gasteiger partial charge in [0, 0.05) is 30.8 Å². The van der Waals surface area contributed by atoms with Crippen LogP contribution in [0.25, 0.3) is 0 Å². The summed E-state index contributed by atoms with van der Waals surface area (Å²) in [6.07, 6.45) is 6.68. The molecule has 0 bridgehead atoms. The van der Waals surface area contributed by atoms with Crippen molar-refractivity contribution in [3.05, 3.63) is 36.0 Å². The summed E-state index contributed by atoms with van der Waals surface area (Å²) in [7, 11) is 0. The van der Waals surface area contributed by atoms with Gasteiger partial charge in [0.1, 0.15) is 5.03 Å². The van der Waals surface area contributed by atoms with Crippen molar-refractivity contribution in [2.24, 2.45) is 0 Å². The Morgan fingerprint density at radius 3 is 2.82 bits per heavy atom. The van der Waals surface area contributed by atoms with Gasteiger partial charge in [0.05, 0.1) is 17.0 Å². The van der Waals surface area contributed by atoms with Gasteiger partial charge in [0.2, 0.25) is 5.91 Å². The molecule has 0 saturated heterocycles. The second kappa shape index (κ2) is 6.70. The summed E-state index contributed by atoms with van der Waals surface area (Å²) in [5.74, 6) is 0.781. The Balaban J connectivity index is 1.32. The van der Waals surface area contributed by atoms with E-state index in [1.54, 1.807) is 18.2 Å². The van der Waals surface area contributed by atoms with Crippen LogP contribution >= 0.6 is 11.8 Å². The van der Waals surface area contributed by atoms with E-state index in [0.29, 0.717) is 28.4 Å². The molecule has 1 aromatic carbocycles. The summed E-state index contributed by atoms with van der Waals surface area (Å²) in [5.41, 5.74) is 1.57. The number of fused-ring (bicyclic) bond motifs is 2. The van der Waals surface area contributed by atoms with Crippen LogP contribution in [-0.2, 0) is 4.79 Å². The molecule has 2 amide bonds. The molecule has 3 heterocycles. The highest BCUT2D eigenvalue weighted by atomic mass is 32.2. The van der Waals surface area contributed by atoms with Gasteiger partial charge in [-0.2, -0.15) is 0 Å². The summed E-state index contributed by atoms with van der Waals surface area (Å²) in [5, 5.41) is 6.33. The second-order valence-electron chi connectivity index (χ2n) is 7.20. The van der Waals surface area contributed by atoms with E-state index in [1.807, 2.05) is 6.07 Å². The summed E-state index contributed by atoms with van der Waals surface area (Å²) >= 11 is 1.36. The number of rotatable bonds is 2. The first-order valence-electron chi connectivity index (χ1n) is 9.36. The highest BCUT2D eigenvalue weighted by Gasteiger charge is 2.42. The van der Waals surface area contributed by atoms with E-state index < -0.39 is 5.79 Å². The summed E-state index contributed by atoms with van der Waals surface area (Å²) in [6, 6.07) is 7.06. The third-order valence-corrected chi connectivity index (χ3v) is 6.14. The number of hydrogen-bond donors (Lipinski definition) is 2. The van der Waals surface area contributed by atoms with Gasteiger partial charge in [-0.15, -0.1) is 0 Å². The molecule has 1 aliphatic carbocycles. The van der Waals surface area contributed by atoms with Crippen molar-refractivity contribution >= 4 is 35.0 Å². The zero-order chi connectivity index (χ0) is 19.1. The molecule has 2 aromatic rings. The van der Waals surface area contributed by atoms with Crippen LogP contribution in [0.5, 0.6) is 11.5 Å². The van der Waals surface area contributed by atoms with E-state index >= 15 is 0 Å². The second-order valence-corrected chi connectivity index (χ2v) is 8.17. The Hall–Kier alpha value is -2.74. The number of nitrogens with zero attached hydrogens (tertiary/aromatic N) is 1. The molecular weight excluding hydrogens is 378 g/mol. The highest BCUT2D eigenvalue weighted by Crippen LogP contribution is 2.46. The monoisotopic (exact) mass is 397 g/mol. The topological polar surface area (TPSA) is 89.6 Å². The van der Waals surface area contributed by atoms with Crippen LogP contribution in [0.15, 0.2) is 35.5 Å². The lowest BCUT2D eigenvalue weighted by molar-refractivity contribution is -0.113. The number of carbonyl (C=O) groups excluding carboxylic acids is 2. The van der Waals surface area contributed by atoms with E-state index in [-0.39, 0.29) is 11.8 Å². The maximum absolute atomic E-state index is 12.6. The Morgan fingerprint density at radius 1 is 1.14 bits per heavy atom. The van der Waals surface area contributed by atoms with Crippen LogP contribution in [0.3, 0.4) is 0 Å². The van der Waals surface area contributed by atoms with Crippen LogP contribution in [0, 0.1) is 0 Å². The predicted molar refractivity (Wildman–Crippen MR) is 105 cm³/mol. The van der Waals surface area contributed by atoms with Gasteiger partial charge < -0.3 is 20.1 Å². The molecule has 1 spiro atoms. The smallest absolute Gasteiger partial charge is 0.257 e. The zero-order valence-corrected chi connectivity index (χ0v) is 15.9. The van der Waals surface area contributed by atoms with Crippen molar-refractivity contribution < 1.29 is 19.1 Å². The lowest BCUT2D eigenvalue weighted by Crippen LogP contribution is -2.40. The third-order valence-electron chi connectivity index (χ3n) is 5.14. The molecule has 0 atom stereocenters. The van der Waals surface area contributed by atoms with Crippen molar-refractivity contribution in [2.75, 3.05) is 16.4 Å². The molecule has 144 valence electrons. The average Bonchev–Trinajstić information content (AvgIpc) is 3.04. The molecule has 1 saturated carbocycles. The van der Waals surface area contributed by atoms with Gasteiger partial charge in [0.25, 0.3) is 11.7 Å². The summed E-state index contributed by atoms with van der Waals surface area (Å²) < 4.78 is 12.2. The first-order chi connectivity index (χ1) is 13.6. The Labute approximate surface area is 166 Å². The van der Waals surface area contributed by atoms with Crippen LogP contribution < -0.4 is 20.1 Å². The van der Waals surface area contributed by atoms with Crippen LogP contribution in [0.1, 0.15) is 42.5 Å². The number of hydrogen-bond acceptors (Lipinski definition) is 6. The average molecular weight is 397 g/mol. The van der Waals surface area contributed by atoms with Gasteiger partial charge in [0.15, 0.2) is 11.5 Å². The van der Waals surface area contributed by atoms with Crippen molar-refractivity contribution in [2.45, 2.75) is 42.9 Å². The zero-order valence-electron chi connectivity index (χ0n) is 15.1. The number of carbonyl (C=O) groups is 2. The lowest BCUT2D eigenvalue weighted by atomic mass is 9.94. The molecule has 0 unspecified atom stereocenters. The number of ether oxygens (including phenoxy) is 2. The summed E-state index contributed by atoms with van der Waals surface area (Å²) in [4.78, 5) is 28.5. The fourth-order valence-corrected chi connectivity index (χ4v) is 4.50. The lowest BCUT2D eigenvalue weighted by Gasteiger charge is -2.31. The third kappa shape index (κ3) is 3.17. The van der Waals surface area contributed by atoms with Crippen molar-refractivity contribution in [3.63, 3.8) is 0 Å². The largest absolute Gasteiger partial charge is 0.448 e. The molecule has 2 aliphatic heterocycles. The minimum absolute atomic E-state index is 0.0933. The fraction of sp³-hybridized carbons (Fsp3) is 0.350. The van der Waals surface area contributed by atoms with E-state index in [4.69, 9.17) is 9.47 Å². The van der Waals surface area contributed by atoms with E-state index in [9.17, 15) is 9.59 Å². The van der Waals surface area contributed by atoms with E-state index in [0.717, 1.165) is 36.5 Å². The number of pyridine rings is 1. The minimum atomic E-state index is -0.540. The van der Waals surface area contributed by atoms with Crippen molar-refractivity contribution in [3.8, 4) is 11.5 Å². The number of thioether (sulfide) groups is 1. The van der Waals surface area contributed by atoms with Crippen molar-refractivity contribution in [1.29, 1.82) is 0 Å². The molecule has 1 aromatic heterocycles. The minimum Gasteiger partial charge on any atom is -0.448 e. The molecule has 8 heteroatoms. The van der Waals surface area contributed by atoms with Crippen LogP contribution in [-0.4, -0.2) is 28.3 Å². The van der Waals surface area contributed by atoms with Gasteiger partial charge in [-0.05, 0) is 31.0 Å². The fourth-order valence-electron chi connectivity index (χ4n) is 3.77. The van der Waals surface area contributed by atoms with Gasteiger partial charge in [-0.25, -0.2) is 4.98 Å². The normalized spacial score (nSPS) is 19.1. The molecule has 28 heavy (non-hydrogen) atoms. The molecule has 2 N–H and O–H groups in total. The quantitative estimate of drug-likeness (QED) is 0.801. The van der Waals surface area contributed by atoms with Crippen LogP contribution in [0.2, 0.25) is 0 Å². The molecular formula is C20H19N3O4S. The molecule has 3 aliphatic rings.